The van der Waals surface area contributed by atoms with Crippen molar-refractivity contribution in [3.05, 3.63) is 12.2 Å². The molecule has 0 N–H and O–H groups in total. The fourth-order valence-corrected chi connectivity index (χ4v) is 0.425. The zero-order valence-electron chi connectivity index (χ0n) is 3.50. The summed E-state index contributed by atoms with van der Waals surface area (Å²) < 4.78 is 0. The Morgan fingerprint density at radius 1 is 1.83 bits per heavy atom. The van der Waals surface area contributed by atoms with Gasteiger partial charge in [-0.15, -0.1) is 11.6 Å². The van der Waals surface area contributed by atoms with E-state index < -0.39 is 0 Å². The van der Waals surface area contributed by atoms with E-state index >= 15 is 0 Å². The van der Waals surface area contributed by atoms with Gasteiger partial charge in [0.2, 0.25) is 0 Å². The lowest BCUT2D eigenvalue weighted by Gasteiger charge is -1.87. The summed E-state index contributed by atoms with van der Waals surface area (Å²) >= 11 is 5.32. The highest BCUT2D eigenvalue weighted by atomic mass is 35.5. The van der Waals surface area contributed by atoms with Gasteiger partial charge in [-0.1, -0.05) is 12.2 Å². The number of halogens is 1. The van der Waals surface area contributed by atoms with E-state index in [1.807, 2.05) is 0 Å². The topological polar surface area (TPSA) is 0 Å². The molecule has 0 aromatic heterocycles. The molecule has 0 aliphatic heterocycles. The van der Waals surface area contributed by atoms with E-state index in [4.69, 9.17) is 11.6 Å². The van der Waals surface area contributed by atoms with Crippen LogP contribution in [0.1, 0.15) is 0 Å². The Hall–Kier alpha value is 0.247. The van der Waals surface area contributed by atoms with E-state index in [0.717, 1.165) is 11.6 Å². The lowest BCUT2D eigenvalue weighted by molar-refractivity contribution is 1.42. The van der Waals surface area contributed by atoms with Crippen LogP contribution in [0.15, 0.2) is 12.2 Å². The fraction of sp³-hybridized carbons (Fsp3) is 0.500. The standard InChI is InChI=1S/C4H6ClSi/c1-4(2-5)3-6/h1-3H2. The first-order valence-corrected chi connectivity index (χ1v) is 2.92. The van der Waals surface area contributed by atoms with Gasteiger partial charge in [0.25, 0.3) is 0 Å². The average molecular weight is 118 g/mol. The third kappa shape index (κ3) is 2.48. The third-order valence-electron chi connectivity index (χ3n) is 0.439. The van der Waals surface area contributed by atoms with Crippen molar-refractivity contribution in [2.75, 3.05) is 5.88 Å². The summed E-state index contributed by atoms with van der Waals surface area (Å²) in [7, 11) is 3.23. The maximum Gasteiger partial charge on any atom is 0.0427 e. The second-order valence-corrected chi connectivity index (χ2v) is 1.68. The monoisotopic (exact) mass is 117 g/mol. The van der Waals surface area contributed by atoms with Crippen LogP contribution >= 0.6 is 11.6 Å². The smallest absolute Gasteiger partial charge is 0.0427 e. The molecule has 0 spiro atoms. The average Bonchev–Trinajstić information content (AvgIpc) is 1.65. The zero-order valence-corrected chi connectivity index (χ0v) is 5.26. The highest BCUT2D eigenvalue weighted by molar-refractivity contribution is 6.20. The molecule has 6 heavy (non-hydrogen) atoms. The number of allylic oxidation sites excluding steroid dienone is 1. The molecular formula is C4H6ClSi. The van der Waals surface area contributed by atoms with Gasteiger partial charge in [0.1, 0.15) is 0 Å². The lowest BCUT2D eigenvalue weighted by Crippen LogP contribution is -1.76. The quantitative estimate of drug-likeness (QED) is 0.291. The Morgan fingerprint density at radius 2 is 2.33 bits per heavy atom. The lowest BCUT2D eigenvalue weighted by atomic mass is 10.4. The molecule has 0 saturated heterocycles. The van der Waals surface area contributed by atoms with Gasteiger partial charge in [0, 0.05) is 16.1 Å². The molecule has 0 bridgehead atoms. The zero-order chi connectivity index (χ0) is 4.99. The summed E-state index contributed by atoms with van der Waals surface area (Å²) in [5.41, 5.74) is 1.02. The third-order valence-corrected chi connectivity index (χ3v) is 1.32. The Bertz CT molecular complexity index is 45.5. The molecule has 0 amide bonds. The van der Waals surface area contributed by atoms with Crippen LogP contribution in [-0.4, -0.2) is 16.1 Å². The van der Waals surface area contributed by atoms with Crippen LogP contribution < -0.4 is 0 Å². The van der Waals surface area contributed by atoms with Gasteiger partial charge in [-0.05, 0) is 6.04 Å². The Morgan fingerprint density at radius 3 is 2.33 bits per heavy atom. The molecule has 0 nitrogen and oxygen atoms in total. The van der Waals surface area contributed by atoms with Gasteiger partial charge in [-0.2, -0.15) is 0 Å². The molecule has 0 rings (SSSR count). The number of hydrogen-bond acceptors (Lipinski definition) is 0. The van der Waals surface area contributed by atoms with Gasteiger partial charge in [-0.25, -0.2) is 0 Å². The van der Waals surface area contributed by atoms with Gasteiger partial charge in [-0.3, -0.25) is 0 Å². The molecule has 0 saturated carbocycles. The van der Waals surface area contributed by atoms with Crippen LogP contribution in [-0.2, 0) is 0 Å². The first-order chi connectivity index (χ1) is 2.81. The number of rotatable bonds is 2. The summed E-state index contributed by atoms with van der Waals surface area (Å²) in [5.74, 6) is 0.559. The summed E-state index contributed by atoms with van der Waals surface area (Å²) in [5, 5.41) is 0. The molecular weight excluding hydrogens is 112 g/mol. The molecule has 0 aliphatic carbocycles. The van der Waals surface area contributed by atoms with Crippen LogP contribution in [0.4, 0.5) is 0 Å². The number of hydrogen-bond donors (Lipinski definition) is 0. The molecule has 0 aromatic rings. The molecule has 2 heteroatoms. The minimum atomic E-state index is 0.559. The molecule has 0 atom stereocenters. The maximum absolute atomic E-state index is 5.32. The SMILES string of the molecule is C=C(C[Si])CCl. The van der Waals surface area contributed by atoms with Crippen LogP contribution in [0.5, 0.6) is 0 Å². The van der Waals surface area contributed by atoms with E-state index in [-0.39, 0.29) is 0 Å². The predicted octanol–water partition coefficient (Wildman–Crippen LogP) is 1.37. The van der Waals surface area contributed by atoms with E-state index in [9.17, 15) is 0 Å². The Labute approximate surface area is 46.6 Å². The highest BCUT2D eigenvalue weighted by Crippen LogP contribution is 1.95. The Balaban J connectivity index is 2.99. The molecule has 0 heterocycles. The number of alkyl halides is 1. The van der Waals surface area contributed by atoms with E-state index in [1.165, 1.54) is 0 Å². The van der Waals surface area contributed by atoms with Gasteiger partial charge in [0.05, 0.1) is 0 Å². The predicted molar refractivity (Wildman–Crippen MR) is 30.4 cm³/mol. The van der Waals surface area contributed by atoms with Crippen molar-refractivity contribution in [2.45, 2.75) is 6.04 Å². The van der Waals surface area contributed by atoms with Gasteiger partial charge < -0.3 is 0 Å². The minimum absolute atomic E-state index is 0.559. The van der Waals surface area contributed by atoms with Crippen LogP contribution in [0.3, 0.4) is 0 Å². The van der Waals surface area contributed by atoms with Crippen molar-refractivity contribution in [1.82, 2.24) is 0 Å². The minimum Gasteiger partial charge on any atom is -0.122 e. The van der Waals surface area contributed by atoms with Gasteiger partial charge in [0.15, 0.2) is 0 Å². The normalized spacial score (nSPS) is 8.33. The van der Waals surface area contributed by atoms with Crippen molar-refractivity contribution in [1.29, 1.82) is 0 Å². The first kappa shape index (κ1) is 6.25. The highest BCUT2D eigenvalue weighted by Gasteiger charge is 1.80. The van der Waals surface area contributed by atoms with E-state index in [2.05, 4.69) is 16.8 Å². The van der Waals surface area contributed by atoms with Crippen LogP contribution in [0, 0.1) is 0 Å². The molecule has 0 aliphatic rings. The maximum atomic E-state index is 5.32. The molecule has 0 fully saturated rings. The summed E-state index contributed by atoms with van der Waals surface area (Å²) in [4.78, 5) is 0. The molecule has 33 valence electrons. The van der Waals surface area contributed by atoms with Crippen LogP contribution in [0.2, 0.25) is 6.04 Å². The fourth-order valence-electron chi connectivity index (χ4n) is 0.0472. The summed E-state index contributed by atoms with van der Waals surface area (Å²) in [6, 6.07) is 0.809. The van der Waals surface area contributed by atoms with Crippen molar-refractivity contribution in [3.63, 3.8) is 0 Å². The first-order valence-electron chi connectivity index (χ1n) is 1.68. The summed E-state index contributed by atoms with van der Waals surface area (Å²) in [6.45, 7) is 3.61. The van der Waals surface area contributed by atoms with Gasteiger partial charge >= 0.3 is 0 Å². The largest absolute Gasteiger partial charge is 0.122 e. The van der Waals surface area contributed by atoms with E-state index in [1.54, 1.807) is 0 Å². The van der Waals surface area contributed by atoms with Crippen molar-refractivity contribution in [2.24, 2.45) is 0 Å². The van der Waals surface area contributed by atoms with E-state index in [0.29, 0.717) is 5.88 Å². The molecule has 3 radical (unpaired) electrons. The molecule has 0 aromatic carbocycles. The summed E-state index contributed by atoms with van der Waals surface area (Å²) in [6.07, 6.45) is 0. The van der Waals surface area contributed by atoms with Crippen molar-refractivity contribution in [3.8, 4) is 0 Å². The Kier molecular flexibility index (Phi) is 3.58. The van der Waals surface area contributed by atoms with Crippen molar-refractivity contribution >= 4 is 21.8 Å². The van der Waals surface area contributed by atoms with Crippen LogP contribution in [0.25, 0.3) is 0 Å². The molecule has 0 unspecified atom stereocenters. The second-order valence-electron chi connectivity index (χ2n) is 1.06. The second kappa shape index (κ2) is 3.44. The van der Waals surface area contributed by atoms with Crippen molar-refractivity contribution < 1.29 is 0 Å².